The highest BCUT2D eigenvalue weighted by molar-refractivity contribution is 7.89. The minimum Gasteiger partial charge on any atom is -0.469 e. The van der Waals surface area contributed by atoms with Crippen LogP contribution in [0.1, 0.15) is 19.3 Å². The van der Waals surface area contributed by atoms with Gasteiger partial charge in [0, 0.05) is 20.2 Å². The van der Waals surface area contributed by atoms with E-state index in [1.165, 1.54) is 24.6 Å². The van der Waals surface area contributed by atoms with Gasteiger partial charge in [0.25, 0.3) is 0 Å². The fourth-order valence-corrected chi connectivity index (χ4v) is 4.71. The van der Waals surface area contributed by atoms with Gasteiger partial charge < -0.3 is 9.47 Å². The van der Waals surface area contributed by atoms with Crippen LogP contribution in [0.3, 0.4) is 0 Å². The van der Waals surface area contributed by atoms with Gasteiger partial charge in [0.2, 0.25) is 10.0 Å². The van der Waals surface area contributed by atoms with Crippen molar-refractivity contribution in [2.75, 3.05) is 33.9 Å². The maximum Gasteiger partial charge on any atom is 0.310 e. The first kappa shape index (κ1) is 17.1. The van der Waals surface area contributed by atoms with E-state index in [0.717, 1.165) is 6.42 Å². The van der Waals surface area contributed by atoms with Crippen LogP contribution in [-0.2, 0) is 24.3 Å². The van der Waals surface area contributed by atoms with Gasteiger partial charge in [-0.2, -0.15) is 4.31 Å². The Bertz CT molecular complexity index is 434. The van der Waals surface area contributed by atoms with Crippen molar-refractivity contribution in [2.24, 2.45) is 5.92 Å². The Morgan fingerprint density at radius 3 is 2.65 bits per heavy atom. The Morgan fingerprint density at radius 2 is 2.10 bits per heavy atom. The lowest BCUT2D eigenvalue weighted by atomic mass is 10.1. The molecular formula is C13H23NO5S. The van der Waals surface area contributed by atoms with E-state index >= 15 is 0 Å². The van der Waals surface area contributed by atoms with E-state index in [1.807, 2.05) is 0 Å². The molecule has 0 saturated heterocycles. The summed E-state index contributed by atoms with van der Waals surface area (Å²) in [4.78, 5) is 11.7. The molecule has 0 aliphatic heterocycles. The van der Waals surface area contributed by atoms with Crippen molar-refractivity contribution in [3.8, 4) is 0 Å². The molecule has 1 rings (SSSR count). The van der Waals surface area contributed by atoms with Crippen LogP contribution in [0.4, 0.5) is 0 Å². The van der Waals surface area contributed by atoms with Crippen LogP contribution < -0.4 is 0 Å². The third kappa shape index (κ3) is 3.80. The molecule has 1 saturated carbocycles. The van der Waals surface area contributed by atoms with E-state index in [1.54, 1.807) is 0 Å². The third-order valence-electron chi connectivity index (χ3n) is 3.58. The van der Waals surface area contributed by atoms with E-state index in [4.69, 9.17) is 9.47 Å². The number of sulfonamides is 1. The zero-order valence-electron chi connectivity index (χ0n) is 12.1. The molecule has 116 valence electrons. The molecule has 0 N–H and O–H groups in total. The Balaban J connectivity index is 2.93. The molecule has 0 spiro atoms. The zero-order valence-corrected chi connectivity index (χ0v) is 12.9. The van der Waals surface area contributed by atoms with Gasteiger partial charge in [0.05, 0.1) is 24.9 Å². The van der Waals surface area contributed by atoms with Crippen molar-refractivity contribution >= 4 is 16.0 Å². The largest absolute Gasteiger partial charge is 0.469 e. The summed E-state index contributed by atoms with van der Waals surface area (Å²) in [6.45, 7) is 4.37. The number of methoxy groups -OCH3 is 2. The smallest absolute Gasteiger partial charge is 0.310 e. The van der Waals surface area contributed by atoms with Gasteiger partial charge in [0.15, 0.2) is 0 Å². The molecule has 2 unspecified atom stereocenters. The van der Waals surface area contributed by atoms with Crippen LogP contribution in [0, 0.1) is 5.92 Å². The van der Waals surface area contributed by atoms with Crippen molar-refractivity contribution in [2.45, 2.75) is 24.5 Å². The van der Waals surface area contributed by atoms with E-state index in [9.17, 15) is 13.2 Å². The average molecular weight is 305 g/mol. The fraction of sp³-hybridized carbons (Fsp3) is 0.769. The van der Waals surface area contributed by atoms with Gasteiger partial charge in [-0.15, -0.1) is 6.58 Å². The van der Waals surface area contributed by atoms with E-state index < -0.39 is 27.2 Å². The Morgan fingerprint density at radius 1 is 1.40 bits per heavy atom. The highest BCUT2D eigenvalue weighted by Crippen LogP contribution is 2.33. The summed E-state index contributed by atoms with van der Waals surface area (Å²) >= 11 is 0. The van der Waals surface area contributed by atoms with Crippen molar-refractivity contribution in [1.82, 2.24) is 4.31 Å². The molecule has 0 aromatic rings. The molecule has 7 heteroatoms. The standard InChI is InChI=1S/C13H23NO5S/c1-4-8-14(9-10-18-2)20(16,17)12-7-5-6-11(12)13(15)19-3/h4,11-12H,1,5-10H2,2-3H3. The van der Waals surface area contributed by atoms with Crippen LogP contribution in [0.2, 0.25) is 0 Å². The van der Waals surface area contributed by atoms with Gasteiger partial charge in [-0.1, -0.05) is 12.5 Å². The third-order valence-corrected chi connectivity index (χ3v) is 5.96. The van der Waals surface area contributed by atoms with Gasteiger partial charge in [-0.05, 0) is 12.8 Å². The molecule has 0 amide bonds. The van der Waals surface area contributed by atoms with Gasteiger partial charge in [-0.3, -0.25) is 4.79 Å². The maximum atomic E-state index is 12.7. The monoisotopic (exact) mass is 305 g/mol. The predicted molar refractivity (Wildman–Crippen MR) is 75.7 cm³/mol. The minimum atomic E-state index is -3.56. The Labute approximate surface area is 120 Å². The van der Waals surface area contributed by atoms with Crippen LogP contribution in [0.25, 0.3) is 0 Å². The van der Waals surface area contributed by atoms with Crippen molar-refractivity contribution < 1.29 is 22.7 Å². The molecule has 0 heterocycles. The Kier molecular flexibility index (Phi) is 6.64. The predicted octanol–water partition coefficient (Wildman–Crippen LogP) is 0.792. The number of carbonyl (C=O) groups is 1. The summed E-state index contributed by atoms with van der Waals surface area (Å²) in [7, 11) is -0.750. The summed E-state index contributed by atoms with van der Waals surface area (Å²) in [5.74, 6) is -1.01. The lowest BCUT2D eigenvalue weighted by Crippen LogP contribution is -2.43. The van der Waals surface area contributed by atoms with E-state index in [-0.39, 0.29) is 13.1 Å². The summed E-state index contributed by atoms with van der Waals surface area (Å²) in [6, 6.07) is 0. The number of hydrogen-bond donors (Lipinski definition) is 0. The molecule has 1 fully saturated rings. The molecule has 0 aromatic carbocycles. The molecule has 0 aromatic heterocycles. The number of carbonyl (C=O) groups excluding carboxylic acids is 1. The summed E-state index contributed by atoms with van der Waals surface area (Å²) in [6.07, 6.45) is 3.30. The van der Waals surface area contributed by atoms with E-state index in [0.29, 0.717) is 19.4 Å². The van der Waals surface area contributed by atoms with Gasteiger partial charge >= 0.3 is 5.97 Å². The van der Waals surface area contributed by atoms with Crippen LogP contribution >= 0.6 is 0 Å². The number of esters is 1. The summed E-state index contributed by atoms with van der Waals surface area (Å²) < 4.78 is 36.3. The highest BCUT2D eigenvalue weighted by atomic mass is 32.2. The second-order valence-electron chi connectivity index (χ2n) is 4.78. The normalized spacial score (nSPS) is 22.9. The lowest BCUT2D eigenvalue weighted by molar-refractivity contribution is -0.145. The van der Waals surface area contributed by atoms with Gasteiger partial charge in [-0.25, -0.2) is 8.42 Å². The fourth-order valence-electron chi connectivity index (χ4n) is 2.55. The second-order valence-corrected chi connectivity index (χ2v) is 6.94. The molecule has 6 nitrogen and oxygen atoms in total. The van der Waals surface area contributed by atoms with Crippen LogP contribution in [-0.4, -0.2) is 57.9 Å². The van der Waals surface area contributed by atoms with E-state index in [2.05, 4.69) is 6.58 Å². The van der Waals surface area contributed by atoms with Gasteiger partial charge in [0.1, 0.15) is 0 Å². The lowest BCUT2D eigenvalue weighted by Gasteiger charge is -2.26. The molecule has 1 aliphatic rings. The quantitative estimate of drug-likeness (QED) is 0.490. The molecule has 0 radical (unpaired) electrons. The Hall–Kier alpha value is -0.920. The number of nitrogens with zero attached hydrogens (tertiary/aromatic N) is 1. The molecule has 1 aliphatic carbocycles. The van der Waals surface area contributed by atoms with Crippen LogP contribution in [0.15, 0.2) is 12.7 Å². The van der Waals surface area contributed by atoms with Crippen molar-refractivity contribution in [1.29, 1.82) is 0 Å². The first-order valence-corrected chi connectivity index (χ1v) is 8.16. The SMILES string of the molecule is C=CCN(CCOC)S(=O)(=O)C1CCCC1C(=O)OC. The highest BCUT2D eigenvalue weighted by Gasteiger charge is 2.44. The number of hydrogen-bond acceptors (Lipinski definition) is 5. The minimum absolute atomic E-state index is 0.218. The zero-order chi connectivity index (χ0) is 15.2. The summed E-state index contributed by atoms with van der Waals surface area (Å²) in [5.41, 5.74) is 0. The topological polar surface area (TPSA) is 72.9 Å². The molecule has 20 heavy (non-hydrogen) atoms. The molecule has 0 bridgehead atoms. The van der Waals surface area contributed by atoms with Crippen LogP contribution in [0.5, 0.6) is 0 Å². The maximum absolute atomic E-state index is 12.7. The average Bonchev–Trinajstić information content (AvgIpc) is 2.92. The first-order valence-electron chi connectivity index (χ1n) is 6.65. The second kappa shape index (κ2) is 7.75. The summed E-state index contributed by atoms with van der Waals surface area (Å²) in [5, 5.41) is -0.702. The molecular weight excluding hydrogens is 282 g/mol. The number of rotatable bonds is 8. The first-order chi connectivity index (χ1) is 9.48. The number of ether oxygens (including phenoxy) is 2. The van der Waals surface area contributed by atoms with Crippen molar-refractivity contribution in [3.63, 3.8) is 0 Å². The van der Waals surface area contributed by atoms with Crippen molar-refractivity contribution in [3.05, 3.63) is 12.7 Å². The molecule has 2 atom stereocenters.